The third-order valence-electron chi connectivity index (χ3n) is 2.23. The minimum absolute atomic E-state index is 0.618. The molecule has 2 N–H and O–H groups in total. The summed E-state index contributed by atoms with van der Waals surface area (Å²) in [4.78, 5) is 0. The maximum absolute atomic E-state index is 5.62. The average molecular weight is 215 g/mol. The van der Waals surface area contributed by atoms with Crippen LogP contribution in [0.15, 0.2) is 54.6 Å². The van der Waals surface area contributed by atoms with E-state index < -0.39 is 0 Å². The van der Waals surface area contributed by atoms with Gasteiger partial charge in [-0.2, -0.15) is 0 Å². The second kappa shape index (κ2) is 5.06. The molecule has 2 aromatic rings. The summed E-state index contributed by atoms with van der Waals surface area (Å²) in [6.45, 7) is 0.618. The van der Waals surface area contributed by atoms with E-state index in [0.717, 1.165) is 8.58 Å². The van der Waals surface area contributed by atoms with Crippen LogP contribution in [0.3, 0.4) is 0 Å². The highest BCUT2D eigenvalue weighted by Crippen LogP contribution is 2.10. The second-order valence-electron chi connectivity index (χ2n) is 3.40. The molecule has 0 aliphatic heterocycles. The van der Waals surface area contributed by atoms with Crippen LogP contribution in [0.5, 0.6) is 0 Å². The van der Waals surface area contributed by atoms with Gasteiger partial charge in [-0.25, -0.2) is 0 Å². The highest BCUT2D eigenvalue weighted by molar-refractivity contribution is 7.55. The molecule has 0 aromatic heterocycles. The van der Waals surface area contributed by atoms with Crippen molar-refractivity contribution in [1.82, 2.24) is 0 Å². The standard InChI is InChI=1S/C13H14NP/c14-10-11-5-4-8-13(9-11)15-12-6-2-1-3-7-12/h1-9,15H,10,14H2. The Kier molecular flexibility index (Phi) is 3.49. The smallest absolute Gasteiger partial charge is 0.0178 e. The molecule has 0 spiro atoms. The average Bonchev–Trinajstić information content (AvgIpc) is 2.31. The molecule has 2 aromatic carbocycles. The molecular weight excluding hydrogens is 201 g/mol. The van der Waals surface area contributed by atoms with Gasteiger partial charge in [-0.1, -0.05) is 57.1 Å². The summed E-state index contributed by atoms with van der Waals surface area (Å²) in [5.41, 5.74) is 6.82. The third-order valence-corrected chi connectivity index (χ3v) is 3.45. The Morgan fingerprint density at radius 3 is 2.33 bits per heavy atom. The molecule has 0 saturated heterocycles. The zero-order valence-corrected chi connectivity index (χ0v) is 9.48. The van der Waals surface area contributed by atoms with Gasteiger partial charge >= 0.3 is 0 Å². The van der Waals surface area contributed by atoms with Crippen LogP contribution in [-0.2, 0) is 6.54 Å². The maximum atomic E-state index is 5.62. The topological polar surface area (TPSA) is 26.0 Å². The molecule has 0 radical (unpaired) electrons. The summed E-state index contributed by atoms with van der Waals surface area (Å²) >= 11 is 0. The lowest BCUT2D eigenvalue weighted by atomic mass is 10.2. The zero-order chi connectivity index (χ0) is 10.5. The van der Waals surface area contributed by atoms with E-state index in [1.165, 1.54) is 16.2 Å². The highest BCUT2D eigenvalue weighted by atomic mass is 31.1. The van der Waals surface area contributed by atoms with Crippen molar-refractivity contribution in [1.29, 1.82) is 0 Å². The van der Waals surface area contributed by atoms with E-state index in [0.29, 0.717) is 6.54 Å². The molecule has 15 heavy (non-hydrogen) atoms. The van der Waals surface area contributed by atoms with E-state index in [1.54, 1.807) is 0 Å². The first-order valence-corrected chi connectivity index (χ1v) is 5.99. The molecule has 1 unspecified atom stereocenters. The Balaban J connectivity index is 2.17. The van der Waals surface area contributed by atoms with Crippen LogP contribution in [0, 0.1) is 0 Å². The first kappa shape index (κ1) is 10.4. The summed E-state index contributed by atoms with van der Waals surface area (Å²) in [5, 5.41) is 2.72. The van der Waals surface area contributed by atoms with Gasteiger partial charge in [0.05, 0.1) is 0 Å². The van der Waals surface area contributed by atoms with Crippen LogP contribution in [0.25, 0.3) is 0 Å². The summed E-state index contributed by atoms with van der Waals surface area (Å²) < 4.78 is 0. The van der Waals surface area contributed by atoms with Crippen LogP contribution in [-0.4, -0.2) is 0 Å². The van der Waals surface area contributed by atoms with E-state index in [1.807, 2.05) is 6.07 Å². The fraction of sp³-hybridized carbons (Fsp3) is 0.0769. The van der Waals surface area contributed by atoms with Crippen molar-refractivity contribution in [3.63, 3.8) is 0 Å². The lowest BCUT2D eigenvalue weighted by molar-refractivity contribution is 1.07. The van der Waals surface area contributed by atoms with Gasteiger partial charge in [0.1, 0.15) is 0 Å². The van der Waals surface area contributed by atoms with E-state index in [4.69, 9.17) is 5.73 Å². The van der Waals surface area contributed by atoms with Gasteiger partial charge in [0.25, 0.3) is 0 Å². The highest BCUT2D eigenvalue weighted by Gasteiger charge is 1.96. The number of benzene rings is 2. The van der Waals surface area contributed by atoms with Crippen LogP contribution in [0.1, 0.15) is 5.56 Å². The molecule has 0 heterocycles. The number of hydrogen-bond donors (Lipinski definition) is 1. The van der Waals surface area contributed by atoms with Gasteiger partial charge in [0, 0.05) is 6.54 Å². The second-order valence-corrected chi connectivity index (χ2v) is 4.80. The third kappa shape index (κ3) is 2.89. The molecule has 0 amide bonds. The molecular formula is C13H14NP. The van der Waals surface area contributed by atoms with Crippen molar-refractivity contribution in [3.8, 4) is 0 Å². The summed E-state index contributed by atoms with van der Waals surface area (Å²) in [5.74, 6) is 0. The Morgan fingerprint density at radius 1 is 0.867 bits per heavy atom. The van der Waals surface area contributed by atoms with Crippen LogP contribution in [0.4, 0.5) is 0 Å². The minimum atomic E-state index is 0.618. The van der Waals surface area contributed by atoms with E-state index in [-0.39, 0.29) is 0 Å². The monoisotopic (exact) mass is 215 g/mol. The molecule has 76 valence electrons. The van der Waals surface area contributed by atoms with Gasteiger partial charge in [0.2, 0.25) is 0 Å². The predicted molar refractivity (Wildman–Crippen MR) is 68.4 cm³/mol. The van der Waals surface area contributed by atoms with E-state index in [9.17, 15) is 0 Å². The van der Waals surface area contributed by atoms with Crippen molar-refractivity contribution in [2.24, 2.45) is 5.73 Å². The van der Waals surface area contributed by atoms with E-state index >= 15 is 0 Å². The number of rotatable bonds is 3. The molecule has 0 aliphatic rings. The van der Waals surface area contributed by atoms with Crippen molar-refractivity contribution in [2.45, 2.75) is 6.54 Å². The minimum Gasteiger partial charge on any atom is -0.326 e. The zero-order valence-electron chi connectivity index (χ0n) is 8.48. The Hall–Kier alpha value is -1.17. The number of hydrogen-bond acceptors (Lipinski definition) is 1. The Morgan fingerprint density at radius 2 is 1.60 bits per heavy atom. The van der Waals surface area contributed by atoms with Gasteiger partial charge in [-0.3, -0.25) is 0 Å². The quantitative estimate of drug-likeness (QED) is 0.776. The van der Waals surface area contributed by atoms with Gasteiger partial charge in [0.15, 0.2) is 0 Å². The predicted octanol–water partition coefficient (Wildman–Crippen LogP) is 1.77. The van der Waals surface area contributed by atoms with Crippen molar-refractivity contribution in [3.05, 3.63) is 60.2 Å². The molecule has 0 aliphatic carbocycles. The van der Waals surface area contributed by atoms with Gasteiger partial charge in [-0.15, -0.1) is 0 Å². The molecule has 0 bridgehead atoms. The molecule has 1 nitrogen and oxygen atoms in total. The van der Waals surface area contributed by atoms with Crippen LogP contribution in [0.2, 0.25) is 0 Å². The first-order chi connectivity index (χ1) is 7.38. The molecule has 1 atom stereocenters. The fourth-order valence-corrected chi connectivity index (χ4v) is 2.59. The molecule has 0 saturated carbocycles. The van der Waals surface area contributed by atoms with Gasteiger partial charge in [-0.05, 0) is 22.2 Å². The SMILES string of the molecule is NCc1cccc(Pc2ccccc2)c1. The molecule has 0 fully saturated rings. The van der Waals surface area contributed by atoms with Crippen LogP contribution >= 0.6 is 8.58 Å². The van der Waals surface area contributed by atoms with Crippen molar-refractivity contribution in [2.75, 3.05) is 0 Å². The van der Waals surface area contributed by atoms with E-state index in [2.05, 4.69) is 48.5 Å². The maximum Gasteiger partial charge on any atom is 0.0178 e. The fourth-order valence-electron chi connectivity index (χ4n) is 1.46. The molecule has 2 heteroatoms. The summed E-state index contributed by atoms with van der Waals surface area (Å²) in [6.07, 6.45) is 0. The number of nitrogens with two attached hydrogens (primary N) is 1. The Bertz CT molecular complexity index is 426. The Labute approximate surface area is 92.1 Å². The normalized spacial score (nSPS) is 11.0. The lowest BCUT2D eigenvalue weighted by Gasteiger charge is -2.03. The van der Waals surface area contributed by atoms with Gasteiger partial charge < -0.3 is 5.73 Å². The van der Waals surface area contributed by atoms with Crippen molar-refractivity contribution >= 4 is 19.2 Å². The van der Waals surface area contributed by atoms with Crippen molar-refractivity contribution < 1.29 is 0 Å². The molecule has 2 rings (SSSR count). The lowest BCUT2D eigenvalue weighted by Crippen LogP contribution is -2.05. The summed E-state index contributed by atoms with van der Waals surface area (Å²) in [6, 6.07) is 19.0. The first-order valence-electron chi connectivity index (χ1n) is 4.99. The largest absolute Gasteiger partial charge is 0.326 e. The van der Waals surface area contributed by atoms with Crippen LogP contribution < -0.4 is 16.3 Å². The summed E-state index contributed by atoms with van der Waals surface area (Å²) in [7, 11) is 0.721.